The van der Waals surface area contributed by atoms with E-state index in [1.807, 2.05) is 31.2 Å². The van der Waals surface area contributed by atoms with Crippen LogP contribution in [0.25, 0.3) is 0 Å². The summed E-state index contributed by atoms with van der Waals surface area (Å²) >= 11 is 0. The molecule has 0 aromatic heterocycles. The van der Waals surface area contributed by atoms with Gasteiger partial charge in [-0.2, -0.15) is 0 Å². The summed E-state index contributed by atoms with van der Waals surface area (Å²) < 4.78 is 32.8. The Balaban J connectivity index is 2.03. The maximum Gasteiger partial charge on any atom is 0.264 e. The van der Waals surface area contributed by atoms with Gasteiger partial charge >= 0.3 is 0 Å². The molecule has 5 heteroatoms. The van der Waals surface area contributed by atoms with E-state index in [0.29, 0.717) is 17.9 Å². The van der Waals surface area contributed by atoms with Crippen LogP contribution in [0.3, 0.4) is 0 Å². The third-order valence-electron chi connectivity index (χ3n) is 4.90. The van der Waals surface area contributed by atoms with Gasteiger partial charge in [0.05, 0.1) is 17.4 Å². The third-order valence-corrected chi connectivity index (χ3v) is 6.75. The Kier molecular flexibility index (Phi) is 4.55. The van der Waals surface area contributed by atoms with E-state index in [1.54, 1.807) is 31.4 Å². The molecule has 1 fully saturated rings. The number of methoxy groups -OCH3 is 1. The number of allylic oxidation sites excluding steroid dienone is 1. The van der Waals surface area contributed by atoms with Crippen LogP contribution in [0.4, 0.5) is 0 Å². The molecule has 0 aliphatic carbocycles. The molecule has 2 aromatic rings. The molecule has 0 radical (unpaired) electrons. The minimum Gasteiger partial charge on any atom is -0.497 e. The standard InChI is InChI=1S/C21H21NO3S/c1-5-21(18-7-6-8-19(15-18)25-4)13-14-22(17(21)3)26(23,24)20-11-9-16(2)10-12-20/h1,6-12,15H,3,13-14H2,2,4H3. The van der Waals surface area contributed by atoms with Crippen LogP contribution in [-0.4, -0.2) is 26.4 Å². The van der Waals surface area contributed by atoms with Crippen molar-refractivity contribution >= 4 is 10.0 Å². The van der Waals surface area contributed by atoms with E-state index in [4.69, 9.17) is 11.2 Å². The molecule has 1 aliphatic rings. The van der Waals surface area contributed by atoms with Crippen molar-refractivity contribution in [1.29, 1.82) is 0 Å². The number of hydrogen-bond acceptors (Lipinski definition) is 3. The van der Waals surface area contributed by atoms with Gasteiger partial charge in [0.15, 0.2) is 0 Å². The minimum atomic E-state index is -3.70. The van der Waals surface area contributed by atoms with Crippen LogP contribution in [0.2, 0.25) is 0 Å². The van der Waals surface area contributed by atoms with Crippen LogP contribution in [0, 0.1) is 19.3 Å². The van der Waals surface area contributed by atoms with Crippen LogP contribution in [-0.2, 0) is 15.4 Å². The first-order valence-electron chi connectivity index (χ1n) is 8.26. The second-order valence-corrected chi connectivity index (χ2v) is 8.23. The monoisotopic (exact) mass is 367 g/mol. The summed E-state index contributed by atoms with van der Waals surface area (Å²) in [5, 5.41) is 0. The summed E-state index contributed by atoms with van der Waals surface area (Å²) in [4.78, 5) is 0.239. The lowest BCUT2D eigenvalue weighted by Gasteiger charge is -2.28. The first kappa shape index (κ1) is 18.1. The molecule has 1 heterocycles. The molecule has 0 spiro atoms. The molecule has 0 N–H and O–H groups in total. The zero-order chi connectivity index (χ0) is 18.9. The Morgan fingerprint density at radius 3 is 2.54 bits per heavy atom. The number of sulfonamides is 1. The molecule has 0 amide bonds. The predicted molar refractivity (Wildman–Crippen MR) is 102 cm³/mol. The van der Waals surface area contributed by atoms with E-state index in [1.165, 1.54) is 4.31 Å². The van der Waals surface area contributed by atoms with Crippen molar-refractivity contribution in [2.75, 3.05) is 13.7 Å². The van der Waals surface area contributed by atoms with Crippen LogP contribution in [0.15, 0.2) is 65.7 Å². The van der Waals surface area contributed by atoms with Gasteiger partial charge in [-0.15, -0.1) is 6.42 Å². The van der Waals surface area contributed by atoms with E-state index in [2.05, 4.69) is 12.5 Å². The molecular weight excluding hydrogens is 346 g/mol. The Morgan fingerprint density at radius 2 is 1.92 bits per heavy atom. The fourth-order valence-electron chi connectivity index (χ4n) is 3.30. The highest BCUT2D eigenvalue weighted by molar-refractivity contribution is 7.89. The topological polar surface area (TPSA) is 46.6 Å². The maximum absolute atomic E-state index is 13.1. The number of terminal acetylenes is 1. The predicted octanol–water partition coefficient (Wildman–Crippen LogP) is 3.48. The summed E-state index contributed by atoms with van der Waals surface area (Å²) in [6.45, 7) is 6.27. The van der Waals surface area contributed by atoms with Crippen LogP contribution >= 0.6 is 0 Å². The van der Waals surface area contributed by atoms with Crippen LogP contribution in [0.1, 0.15) is 17.5 Å². The SMILES string of the molecule is C#CC1(c2cccc(OC)c2)CCN(S(=O)(=O)c2ccc(C)cc2)C1=C. The lowest BCUT2D eigenvalue weighted by Crippen LogP contribution is -2.31. The molecule has 0 saturated carbocycles. The Labute approximate surface area is 155 Å². The number of nitrogens with zero attached hydrogens (tertiary/aromatic N) is 1. The molecule has 3 rings (SSSR count). The van der Waals surface area contributed by atoms with Crippen molar-refractivity contribution in [2.24, 2.45) is 0 Å². The highest BCUT2D eigenvalue weighted by atomic mass is 32.2. The van der Waals surface area contributed by atoms with Gasteiger partial charge in [0.1, 0.15) is 5.75 Å². The first-order chi connectivity index (χ1) is 12.3. The molecule has 1 aliphatic heterocycles. The van der Waals surface area contributed by atoms with Crippen molar-refractivity contribution < 1.29 is 13.2 Å². The van der Waals surface area contributed by atoms with Gasteiger partial charge in [0.25, 0.3) is 10.0 Å². The second kappa shape index (κ2) is 6.54. The van der Waals surface area contributed by atoms with Gasteiger partial charge in [0.2, 0.25) is 0 Å². The smallest absolute Gasteiger partial charge is 0.264 e. The normalized spacial score (nSPS) is 20.0. The third kappa shape index (κ3) is 2.77. The Bertz CT molecular complexity index is 987. The summed E-state index contributed by atoms with van der Waals surface area (Å²) in [6, 6.07) is 14.2. The van der Waals surface area contributed by atoms with Crippen molar-refractivity contribution in [3.63, 3.8) is 0 Å². The van der Waals surface area contributed by atoms with Crippen LogP contribution in [0.5, 0.6) is 5.75 Å². The van der Waals surface area contributed by atoms with Crippen LogP contribution < -0.4 is 4.74 Å². The average molecular weight is 367 g/mol. The largest absolute Gasteiger partial charge is 0.497 e. The lowest BCUT2D eigenvalue weighted by molar-refractivity contribution is 0.413. The van der Waals surface area contributed by atoms with Crippen molar-refractivity contribution in [3.05, 3.63) is 71.9 Å². The number of rotatable bonds is 4. The Hall–Kier alpha value is -2.71. The minimum absolute atomic E-state index is 0.239. The van der Waals surface area contributed by atoms with Gasteiger partial charge in [-0.05, 0) is 43.2 Å². The molecule has 0 bridgehead atoms. The number of aryl methyl sites for hydroxylation is 1. The highest BCUT2D eigenvalue weighted by Gasteiger charge is 2.46. The highest BCUT2D eigenvalue weighted by Crippen LogP contribution is 2.44. The summed E-state index contributed by atoms with van der Waals surface area (Å²) in [6.07, 6.45) is 6.35. The molecule has 2 aromatic carbocycles. The zero-order valence-corrected chi connectivity index (χ0v) is 15.7. The quantitative estimate of drug-likeness (QED) is 0.777. The van der Waals surface area contributed by atoms with Crippen molar-refractivity contribution in [2.45, 2.75) is 23.7 Å². The van der Waals surface area contributed by atoms with Gasteiger partial charge in [-0.1, -0.05) is 42.3 Å². The molecule has 26 heavy (non-hydrogen) atoms. The van der Waals surface area contributed by atoms with Gasteiger partial charge in [0, 0.05) is 12.2 Å². The van der Waals surface area contributed by atoms with E-state index < -0.39 is 15.4 Å². The van der Waals surface area contributed by atoms with Crippen molar-refractivity contribution in [1.82, 2.24) is 4.31 Å². The van der Waals surface area contributed by atoms with Gasteiger partial charge in [-0.3, -0.25) is 4.31 Å². The average Bonchev–Trinajstić information content (AvgIpc) is 3.00. The van der Waals surface area contributed by atoms with E-state index in [0.717, 1.165) is 11.1 Å². The summed E-state index contributed by atoms with van der Waals surface area (Å²) in [5.41, 5.74) is 1.34. The fourth-order valence-corrected chi connectivity index (χ4v) is 4.81. The van der Waals surface area contributed by atoms with Gasteiger partial charge in [-0.25, -0.2) is 8.42 Å². The number of benzene rings is 2. The maximum atomic E-state index is 13.1. The molecule has 1 atom stereocenters. The second-order valence-electron chi connectivity index (χ2n) is 6.37. The van der Waals surface area contributed by atoms with Crippen molar-refractivity contribution in [3.8, 4) is 18.1 Å². The zero-order valence-electron chi connectivity index (χ0n) is 14.9. The summed E-state index contributed by atoms with van der Waals surface area (Å²) in [7, 11) is -2.12. The van der Waals surface area contributed by atoms with E-state index in [9.17, 15) is 8.42 Å². The molecule has 4 nitrogen and oxygen atoms in total. The molecule has 1 saturated heterocycles. The van der Waals surface area contributed by atoms with E-state index >= 15 is 0 Å². The number of hydrogen-bond donors (Lipinski definition) is 0. The van der Waals surface area contributed by atoms with E-state index in [-0.39, 0.29) is 11.4 Å². The Morgan fingerprint density at radius 1 is 1.23 bits per heavy atom. The molecule has 1 unspecified atom stereocenters. The fraction of sp³-hybridized carbons (Fsp3) is 0.238. The molecule has 134 valence electrons. The van der Waals surface area contributed by atoms with Gasteiger partial charge < -0.3 is 4.74 Å². The lowest BCUT2D eigenvalue weighted by atomic mass is 9.78. The number of ether oxygens (including phenoxy) is 1. The summed E-state index contributed by atoms with van der Waals surface area (Å²) in [5.74, 6) is 3.47. The first-order valence-corrected chi connectivity index (χ1v) is 9.70. The molecular formula is C21H21NO3S.